The Morgan fingerprint density at radius 1 is 1.18 bits per heavy atom. The van der Waals surface area contributed by atoms with Crippen molar-refractivity contribution in [2.75, 3.05) is 20.1 Å². The van der Waals surface area contributed by atoms with Gasteiger partial charge in [0.15, 0.2) is 0 Å². The summed E-state index contributed by atoms with van der Waals surface area (Å²) in [6, 6.07) is -2.49. The number of hydrogen-bond donors (Lipinski definition) is 2. The number of piperidine rings is 1. The Kier molecular flexibility index (Phi) is 9.95. The first-order chi connectivity index (χ1) is 15.0. The van der Waals surface area contributed by atoms with Gasteiger partial charge in [-0.2, -0.15) is 13.2 Å². The van der Waals surface area contributed by atoms with Gasteiger partial charge >= 0.3 is 12.1 Å². The highest BCUT2D eigenvalue weighted by Crippen LogP contribution is 2.27. The smallest absolute Gasteiger partial charge is 0.401 e. The highest BCUT2D eigenvalue weighted by atomic mass is 19.4. The van der Waals surface area contributed by atoms with Gasteiger partial charge in [0, 0.05) is 12.6 Å². The zero-order valence-corrected chi connectivity index (χ0v) is 20.6. The Bertz CT molecular complexity index is 744. The second kappa shape index (κ2) is 11.4. The summed E-state index contributed by atoms with van der Waals surface area (Å²) in [4.78, 5) is 40.3. The van der Waals surface area contributed by atoms with E-state index < -0.39 is 54.0 Å². The quantitative estimate of drug-likeness (QED) is 0.523. The summed E-state index contributed by atoms with van der Waals surface area (Å²) in [5.74, 6) is -2.23. The van der Waals surface area contributed by atoms with Crippen molar-refractivity contribution in [3.8, 4) is 0 Å². The highest BCUT2D eigenvalue weighted by molar-refractivity contribution is 5.91. The van der Waals surface area contributed by atoms with Crippen LogP contribution in [0.4, 0.5) is 13.2 Å². The third-order valence-electron chi connectivity index (χ3n) is 5.93. The van der Waals surface area contributed by atoms with Gasteiger partial charge in [-0.1, -0.05) is 47.1 Å². The number of carboxylic acids is 1. The van der Waals surface area contributed by atoms with Gasteiger partial charge in [0.05, 0.1) is 18.6 Å². The lowest BCUT2D eigenvalue weighted by Crippen LogP contribution is -2.60. The molecule has 1 aliphatic heterocycles. The molecule has 0 aromatic carbocycles. The summed E-state index contributed by atoms with van der Waals surface area (Å²) in [6.07, 6.45) is -1.42. The van der Waals surface area contributed by atoms with Crippen molar-refractivity contribution >= 4 is 17.8 Å². The number of amides is 2. The number of likely N-dealkylation sites (N-methyl/N-ethyl adjacent to an activating group) is 1. The number of rotatable bonds is 8. The van der Waals surface area contributed by atoms with E-state index in [1.54, 1.807) is 27.8 Å². The Morgan fingerprint density at radius 3 is 2.21 bits per heavy atom. The number of nitrogens with zero attached hydrogens (tertiary/aromatic N) is 2. The standard InChI is InChI=1S/C23H38F3N3O4/c1-14(2)17(12-15(3)21(32)33)28(7)20(31)18(22(4,5)6)27-19(30)16-10-8-9-11-29(16)13-23(24,25)26/h12,14,16-18H,8-11,13H2,1-7H3,(H,27,30)(H,32,33)/b15-12+. The molecule has 190 valence electrons. The summed E-state index contributed by atoms with van der Waals surface area (Å²) in [5, 5.41) is 11.9. The number of hydrogen-bond acceptors (Lipinski definition) is 4. The van der Waals surface area contributed by atoms with Crippen LogP contribution in [0, 0.1) is 11.3 Å². The van der Waals surface area contributed by atoms with Crippen molar-refractivity contribution in [3.63, 3.8) is 0 Å². The molecule has 0 aliphatic carbocycles. The second-order valence-electron chi connectivity index (χ2n) is 10.2. The third kappa shape index (κ3) is 8.64. The van der Waals surface area contributed by atoms with Crippen molar-refractivity contribution in [1.82, 2.24) is 15.1 Å². The molecule has 3 unspecified atom stereocenters. The number of halogens is 3. The molecule has 1 rings (SSSR count). The average Bonchev–Trinajstić information content (AvgIpc) is 2.66. The molecule has 0 spiro atoms. The number of carbonyl (C=O) groups is 3. The van der Waals surface area contributed by atoms with Gasteiger partial charge in [-0.05, 0) is 37.6 Å². The van der Waals surface area contributed by atoms with Crippen LogP contribution < -0.4 is 5.32 Å². The van der Waals surface area contributed by atoms with E-state index in [2.05, 4.69) is 5.32 Å². The molecule has 0 radical (unpaired) electrons. The number of likely N-dealkylation sites (tertiary alicyclic amines) is 1. The van der Waals surface area contributed by atoms with Crippen LogP contribution in [0.15, 0.2) is 11.6 Å². The number of alkyl halides is 3. The van der Waals surface area contributed by atoms with E-state index >= 15 is 0 Å². The normalized spacial score (nSPS) is 20.3. The van der Waals surface area contributed by atoms with Gasteiger partial charge in [0.2, 0.25) is 11.8 Å². The third-order valence-corrected chi connectivity index (χ3v) is 5.93. The molecule has 1 aliphatic rings. The van der Waals surface area contributed by atoms with Crippen LogP contribution in [0.2, 0.25) is 0 Å². The Morgan fingerprint density at radius 2 is 1.76 bits per heavy atom. The van der Waals surface area contributed by atoms with Crippen molar-refractivity contribution < 1.29 is 32.7 Å². The largest absolute Gasteiger partial charge is 0.478 e. The van der Waals surface area contributed by atoms with Crippen LogP contribution in [0.5, 0.6) is 0 Å². The van der Waals surface area contributed by atoms with Gasteiger partial charge in [0.25, 0.3) is 0 Å². The van der Waals surface area contributed by atoms with Crippen LogP contribution in [0.1, 0.15) is 60.8 Å². The predicted molar refractivity (Wildman–Crippen MR) is 119 cm³/mol. The van der Waals surface area contributed by atoms with Gasteiger partial charge in [-0.25, -0.2) is 4.79 Å². The molecule has 1 heterocycles. The zero-order valence-electron chi connectivity index (χ0n) is 20.6. The van der Waals surface area contributed by atoms with E-state index in [4.69, 9.17) is 0 Å². The van der Waals surface area contributed by atoms with E-state index in [9.17, 15) is 32.7 Å². The van der Waals surface area contributed by atoms with E-state index in [-0.39, 0.29) is 24.5 Å². The number of nitrogens with one attached hydrogen (secondary N) is 1. The van der Waals surface area contributed by atoms with Crippen molar-refractivity contribution in [2.45, 2.75) is 85.1 Å². The van der Waals surface area contributed by atoms with Crippen molar-refractivity contribution in [1.29, 1.82) is 0 Å². The summed E-state index contributed by atoms with van der Waals surface area (Å²) >= 11 is 0. The first kappa shape index (κ1) is 28.9. The molecule has 7 nitrogen and oxygen atoms in total. The molecule has 0 saturated carbocycles. The maximum absolute atomic E-state index is 13.5. The van der Waals surface area contributed by atoms with Gasteiger partial charge in [-0.3, -0.25) is 14.5 Å². The Labute approximate surface area is 194 Å². The van der Waals surface area contributed by atoms with E-state index in [1.807, 2.05) is 13.8 Å². The number of aliphatic carboxylic acids is 1. The molecule has 2 amide bonds. The summed E-state index contributed by atoms with van der Waals surface area (Å²) in [5.41, 5.74) is -0.632. The predicted octanol–water partition coefficient (Wildman–Crippen LogP) is 3.45. The van der Waals surface area contributed by atoms with Gasteiger partial charge in [-0.15, -0.1) is 0 Å². The summed E-state index contributed by atoms with van der Waals surface area (Å²) < 4.78 is 39.0. The number of carbonyl (C=O) groups excluding carboxylic acids is 2. The summed E-state index contributed by atoms with van der Waals surface area (Å²) in [7, 11) is 1.54. The van der Waals surface area contributed by atoms with Gasteiger partial charge in [0.1, 0.15) is 6.04 Å². The Balaban J connectivity index is 3.16. The van der Waals surface area contributed by atoms with Crippen molar-refractivity contribution in [3.05, 3.63) is 11.6 Å². The van der Waals surface area contributed by atoms with Crippen molar-refractivity contribution in [2.24, 2.45) is 11.3 Å². The maximum Gasteiger partial charge on any atom is 0.401 e. The fourth-order valence-electron chi connectivity index (χ4n) is 4.02. The fraction of sp³-hybridized carbons (Fsp3) is 0.783. The SMILES string of the molecule is C/C(=C\C(C(C)C)N(C)C(=O)C(NC(=O)C1CCCCN1CC(F)(F)F)C(C)(C)C)C(=O)O. The molecule has 0 bridgehead atoms. The minimum absolute atomic E-state index is 0.0923. The maximum atomic E-state index is 13.5. The monoisotopic (exact) mass is 477 g/mol. The molecule has 2 N–H and O–H groups in total. The topological polar surface area (TPSA) is 90.0 Å². The molecular weight excluding hydrogens is 439 g/mol. The van der Waals surface area contributed by atoms with E-state index in [0.29, 0.717) is 12.8 Å². The van der Waals surface area contributed by atoms with Gasteiger partial charge < -0.3 is 15.3 Å². The second-order valence-corrected chi connectivity index (χ2v) is 10.2. The molecule has 0 aromatic heterocycles. The molecule has 0 aromatic rings. The number of carboxylic acid groups (broad SMARTS) is 1. The van der Waals surface area contributed by atoms with E-state index in [0.717, 1.165) is 4.90 Å². The molecule has 1 fully saturated rings. The van der Waals surface area contributed by atoms with Crippen LogP contribution in [-0.2, 0) is 14.4 Å². The first-order valence-corrected chi connectivity index (χ1v) is 11.2. The molecule has 33 heavy (non-hydrogen) atoms. The Hall–Kier alpha value is -2.10. The first-order valence-electron chi connectivity index (χ1n) is 11.2. The molecule has 1 saturated heterocycles. The minimum Gasteiger partial charge on any atom is -0.478 e. The lowest BCUT2D eigenvalue weighted by atomic mass is 9.84. The molecular formula is C23H38F3N3O4. The summed E-state index contributed by atoms with van der Waals surface area (Å²) in [6.45, 7) is 9.43. The molecule has 3 atom stereocenters. The molecule has 10 heteroatoms. The van der Waals surface area contributed by atoms with E-state index in [1.165, 1.54) is 17.9 Å². The lowest BCUT2D eigenvalue weighted by Gasteiger charge is -2.40. The lowest BCUT2D eigenvalue weighted by molar-refractivity contribution is -0.159. The average molecular weight is 478 g/mol. The highest BCUT2D eigenvalue weighted by Gasteiger charge is 2.41. The van der Waals surface area contributed by atoms with Crippen LogP contribution >= 0.6 is 0 Å². The van der Waals surface area contributed by atoms with Crippen LogP contribution in [-0.4, -0.2) is 77.1 Å². The minimum atomic E-state index is -4.42. The zero-order chi connectivity index (χ0) is 25.7. The van der Waals surface area contributed by atoms with Crippen LogP contribution in [0.25, 0.3) is 0 Å². The van der Waals surface area contributed by atoms with Crippen LogP contribution in [0.3, 0.4) is 0 Å². The fourth-order valence-corrected chi connectivity index (χ4v) is 4.02.